The van der Waals surface area contributed by atoms with Crippen molar-refractivity contribution in [2.75, 3.05) is 19.6 Å². The quantitative estimate of drug-likeness (QED) is 0.629. The summed E-state index contributed by atoms with van der Waals surface area (Å²) in [6.45, 7) is -0.211. The molecule has 1 unspecified atom stereocenters. The Morgan fingerprint density at radius 3 is 2.35 bits per heavy atom. The molecule has 1 heterocycles. The van der Waals surface area contributed by atoms with Crippen molar-refractivity contribution in [2.45, 2.75) is 24.1 Å². The number of halogens is 5. The summed E-state index contributed by atoms with van der Waals surface area (Å²) >= 11 is 0. The summed E-state index contributed by atoms with van der Waals surface area (Å²) < 4.78 is 60.4. The van der Waals surface area contributed by atoms with E-state index in [1.807, 2.05) is 0 Å². The van der Waals surface area contributed by atoms with E-state index in [1.54, 1.807) is 0 Å². The standard InChI is InChI=1S/C8H11F5N2O2/c9-7(10,8(11,12)13)5(16)15-4-6(17)1-2-14-3-6/h14,17H,1-4H2,(H,15,16). The van der Waals surface area contributed by atoms with Gasteiger partial charge >= 0.3 is 12.1 Å². The molecule has 0 saturated carbocycles. The highest BCUT2D eigenvalue weighted by atomic mass is 19.4. The summed E-state index contributed by atoms with van der Waals surface area (Å²) in [6.07, 6.45) is -5.77. The maximum atomic E-state index is 12.5. The van der Waals surface area contributed by atoms with Crippen LogP contribution in [0.5, 0.6) is 0 Å². The molecule has 1 atom stereocenters. The number of rotatable bonds is 3. The van der Waals surface area contributed by atoms with E-state index in [-0.39, 0.29) is 13.0 Å². The molecule has 1 aliphatic heterocycles. The molecule has 0 spiro atoms. The average Bonchev–Trinajstić information content (AvgIpc) is 2.60. The second kappa shape index (κ2) is 4.37. The van der Waals surface area contributed by atoms with Crippen LogP contribution in [0.2, 0.25) is 0 Å². The van der Waals surface area contributed by atoms with Crippen molar-refractivity contribution in [3.63, 3.8) is 0 Å². The second-order valence-corrected chi connectivity index (χ2v) is 3.91. The minimum absolute atomic E-state index is 0.0326. The van der Waals surface area contributed by atoms with Gasteiger partial charge in [0, 0.05) is 13.1 Å². The average molecular weight is 262 g/mol. The smallest absolute Gasteiger partial charge is 0.387 e. The molecule has 100 valence electrons. The topological polar surface area (TPSA) is 61.4 Å². The molecular weight excluding hydrogens is 251 g/mol. The minimum atomic E-state index is -5.94. The Balaban J connectivity index is 2.55. The molecule has 9 heteroatoms. The van der Waals surface area contributed by atoms with Gasteiger partial charge in [0.15, 0.2) is 0 Å². The van der Waals surface area contributed by atoms with Crippen LogP contribution in [0.25, 0.3) is 0 Å². The zero-order valence-electron chi connectivity index (χ0n) is 8.57. The van der Waals surface area contributed by atoms with Gasteiger partial charge in [-0.25, -0.2) is 0 Å². The van der Waals surface area contributed by atoms with Gasteiger partial charge in [0.25, 0.3) is 5.91 Å². The number of β-amino-alcohol motifs (C(OH)–C–C–N with tert-alkyl or cyclic N) is 1. The van der Waals surface area contributed by atoms with Crippen molar-refractivity contribution < 1.29 is 31.9 Å². The summed E-state index contributed by atoms with van der Waals surface area (Å²) in [5.74, 6) is -7.90. The van der Waals surface area contributed by atoms with E-state index in [1.165, 1.54) is 5.32 Å². The van der Waals surface area contributed by atoms with Gasteiger partial charge in [-0.1, -0.05) is 0 Å². The summed E-state index contributed by atoms with van der Waals surface area (Å²) in [7, 11) is 0. The largest absolute Gasteiger partial charge is 0.463 e. The third kappa shape index (κ3) is 3.03. The van der Waals surface area contributed by atoms with Gasteiger partial charge < -0.3 is 15.7 Å². The van der Waals surface area contributed by atoms with Gasteiger partial charge in [0.1, 0.15) is 0 Å². The van der Waals surface area contributed by atoms with Gasteiger partial charge in [0.2, 0.25) is 0 Å². The fourth-order valence-electron chi connectivity index (χ4n) is 1.37. The maximum absolute atomic E-state index is 12.5. The fourth-order valence-corrected chi connectivity index (χ4v) is 1.37. The summed E-state index contributed by atoms with van der Waals surface area (Å²) in [6, 6.07) is 0. The molecule has 0 radical (unpaired) electrons. The third-order valence-corrected chi connectivity index (χ3v) is 2.44. The van der Waals surface area contributed by atoms with Crippen LogP contribution >= 0.6 is 0 Å². The Hall–Kier alpha value is -0.960. The number of amides is 1. The fraction of sp³-hybridized carbons (Fsp3) is 0.875. The number of hydrogen-bond donors (Lipinski definition) is 3. The van der Waals surface area contributed by atoms with Crippen LogP contribution < -0.4 is 10.6 Å². The molecule has 17 heavy (non-hydrogen) atoms. The number of nitrogens with one attached hydrogen (secondary N) is 2. The number of aliphatic hydroxyl groups is 1. The van der Waals surface area contributed by atoms with E-state index in [0.29, 0.717) is 6.54 Å². The first-order valence-corrected chi connectivity index (χ1v) is 4.74. The predicted molar refractivity (Wildman–Crippen MR) is 46.4 cm³/mol. The molecule has 0 aliphatic carbocycles. The Bertz CT molecular complexity index is 299. The third-order valence-electron chi connectivity index (χ3n) is 2.44. The number of carbonyl (C=O) groups is 1. The zero-order chi connectivity index (χ0) is 13.3. The monoisotopic (exact) mass is 262 g/mol. The molecule has 0 aromatic heterocycles. The molecule has 4 nitrogen and oxygen atoms in total. The van der Waals surface area contributed by atoms with Crippen LogP contribution in [0, 0.1) is 0 Å². The zero-order valence-corrected chi connectivity index (χ0v) is 8.57. The van der Waals surface area contributed by atoms with E-state index in [0.717, 1.165) is 0 Å². The van der Waals surface area contributed by atoms with Crippen molar-refractivity contribution >= 4 is 5.91 Å². The maximum Gasteiger partial charge on any atom is 0.463 e. The number of carbonyl (C=O) groups excluding carboxylic acids is 1. The first-order chi connectivity index (χ1) is 7.58. The molecular formula is C8H11F5N2O2. The first-order valence-electron chi connectivity index (χ1n) is 4.74. The number of hydrogen-bond acceptors (Lipinski definition) is 3. The molecule has 1 saturated heterocycles. The lowest BCUT2D eigenvalue weighted by Crippen LogP contribution is -2.54. The van der Waals surface area contributed by atoms with Crippen molar-refractivity contribution in [1.29, 1.82) is 0 Å². The van der Waals surface area contributed by atoms with Crippen LogP contribution in [-0.2, 0) is 4.79 Å². The summed E-state index contributed by atoms with van der Waals surface area (Å²) in [4.78, 5) is 10.7. The van der Waals surface area contributed by atoms with Crippen LogP contribution in [0.15, 0.2) is 0 Å². The predicted octanol–water partition coefficient (Wildman–Crippen LogP) is 0.0246. The minimum Gasteiger partial charge on any atom is -0.387 e. The van der Waals surface area contributed by atoms with Gasteiger partial charge in [-0.15, -0.1) is 0 Å². The van der Waals surface area contributed by atoms with Crippen molar-refractivity contribution in [2.24, 2.45) is 0 Å². The van der Waals surface area contributed by atoms with Gasteiger partial charge in [-0.2, -0.15) is 22.0 Å². The lowest BCUT2D eigenvalue weighted by molar-refractivity contribution is -0.270. The second-order valence-electron chi connectivity index (χ2n) is 3.91. The van der Waals surface area contributed by atoms with Crippen molar-refractivity contribution in [3.8, 4) is 0 Å². The first kappa shape index (κ1) is 14.1. The lowest BCUT2D eigenvalue weighted by atomic mass is 10.0. The van der Waals surface area contributed by atoms with Crippen LogP contribution in [0.3, 0.4) is 0 Å². The normalized spacial score (nSPS) is 26.0. The van der Waals surface area contributed by atoms with Gasteiger partial charge in [0.05, 0.1) is 5.60 Å². The van der Waals surface area contributed by atoms with Gasteiger partial charge in [-0.3, -0.25) is 4.79 Å². The molecule has 0 aromatic rings. The molecule has 0 aromatic carbocycles. The van der Waals surface area contributed by atoms with E-state index < -0.39 is 30.2 Å². The van der Waals surface area contributed by atoms with E-state index in [9.17, 15) is 31.9 Å². The molecule has 1 fully saturated rings. The molecule has 1 rings (SSSR count). The van der Waals surface area contributed by atoms with Crippen molar-refractivity contribution in [1.82, 2.24) is 10.6 Å². The Labute approximate surface area is 93.2 Å². The van der Waals surface area contributed by atoms with Crippen LogP contribution in [0.4, 0.5) is 22.0 Å². The van der Waals surface area contributed by atoms with Gasteiger partial charge in [-0.05, 0) is 13.0 Å². The molecule has 1 aliphatic rings. The Kier molecular flexibility index (Phi) is 3.63. The molecule has 1 amide bonds. The van der Waals surface area contributed by atoms with Crippen LogP contribution in [0.1, 0.15) is 6.42 Å². The Morgan fingerprint density at radius 2 is 1.94 bits per heavy atom. The summed E-state index contributed by atoms with van der Waals surface area (Å²) in [5, 5.41) is 13.7. The highest BCUT2D eigenvalue weighted by Gasteiger charge is 2.63. The highest BCUT2D eigenvalue weighted by molar-refractivity contribution is 5.84. The van der Waals surface area contributed by atoms with E-state index >= 15 is 0 Å². The lowest BCUT2D eigenvalue weighted by Gasteiger charge is -2.24. The highest BCUT2D eigenvalue weighted by Crippen LogP contribution is 2.35. The van der Waals surface area contributed by atoms with Crippen molar-refractivity contribution in [3.05, 3.63) is 0 Å². The molecule has 0 bridgehead atoms. The Morgan fingerprint density at radius 1 is 1.35 bits per heavy atom. The van der Waals surface area contributed by atoms with E-state index in [4.69, 9.17) is 0 Å². The number of alkyl halides is 5. The summed E-state index contributed by atoms with van der Waals surface area (Å²) in [5.41, 5.74) is -1.47. The van der Waals surface area contributed by atoms with E-state index in [2.05, 4.69) is 5.32 Å². The molecule has 3 N–H and O–H groups in total. The SMILES string of the molecule is O=C(NCC1(O)CCNC1)C(F)(F)C(F)(F)F. The van der Waals surface area contributed by atoms with Crippen LogP contribution in [-0.4, -0.2) is 48.3 Å².